The van der Waals surface area contributed by atoms with E-state index in [4.69, 9.17) is 0 Å². The monoisotopic (exact) mass is 140 g/mol. The maximum absolute atomic E-state index is 9.78. The highest BCUT2D eigenvalue weighted by Gasteiger charge is 1.92. The Labute approximate surface area is 57.8 Å². The molecule has 10 heavy (non-hydrogen) atoms. The molecule has 0 radical (unpaired) electrons. The second kappa shape index (κ2) is 3.60. The van der Waals surface area contributed by atoms with Gasteiger partial charge in [-0.3, -0.25) is 4.79 Å². The normalized spacial score (nSPS) is 9.20. The lowest BCUT2D eigenvalue weighted by molar-refractivity contribution is -0.109. The maximum atomic E-state index is 9.78. The van der Waals surface area contributed by atoms with Crippen LogP contribution in [0.5, 0.6) is 0 Å². The number of hydrogen-bond donors (Lipinski definition) is 2. The van der Waals surface area contributed by atoms with Gasteiger partial charge in [-0.2, -0.15) is 15.4 Å². The number of nitrogens with one attached hydrogen (secondary N) is 2. The van der Waals surface area contributed by atoms with Gasteiger partial charge in [0.25, 0.3) is 0 Å². The van der Waals surface area contributed by atoms with E-state index in [1.807, 2.05) is 0 Å². The van der Waals surface area contributed by atoms with Crippen LogP contribution in [-0.2, 0) is 11.2 Å². The first-order valence-electron chi connectivity index (χ1n) is 2.95. The maximum Gasteiger partial charge on any atom is 0.207 e. The molecule has 1 aromatic heterocycles. The predicted molar refractivity (Wildman–Crippen MR) is 34.2 cm³/mol. The van der Waals surface area contributed by atoms with Crippen molar-refractivity contribution in [3.8, 4) is 0 Å². The van der Waals surface area contributed by atoms with Crippen molar-refractivity contribution in [3.05, 3.63) is 11.9 Å². The van der Waals surface area contributed by atoms with Gasteiger partial charge in [-0.15, -0.1) is 0 Å². The quantitative estimate of drug-likeness (QED) is 0.420. The fourth-order valence-corrected chi connectivity index (χ4v) is 0.605. The standard InChI is InChI=1S/C5H8N4O/c10-4-6-2-1-5-3-7-9-8-5/h3-4H,1-2H2,(H,6,10)(H,7,8,9). The van der Waals surface area contributed by atoms with E-state index in [-0.39, 0.29) is 0 Å². The summed E-state index contributed by atoms with van der Waals surface area (Å²) in [5, 5.41) is 12.4. The van der Waals surface area contributed by atoms with Crippen LogP contribution in [0.1, 0.15) is 5.69 Å². The highest BCUT2D eigenvalue weighted by atomic mass is 16.1. The van der Waals surface area contributed by atoms with Gasteiger partial charge in [0.2, 0.25) is 6.41 Å². The van der Waals surface area contributed by atoms with Crippen molar-refractivity contribution >= 4 is 6.41 Å². The average molecular weight is 140 g/mol. The molecule has 0 saturated heterocycles. The SMILES string of the molecule is O=CNCCc1cn[nH]n1. The van der Waals surface area contributed by atoms with E-state index in [2.05, 4.69) is 20.7 Å². The first kappa shape index (κ1) is 6.73. The molecule has 5 heteroatoms. The van der Waals surface area contributed by atoms with Crippen LogP contribution in [0.4, 0.5) is 0 Å². The number of aromatic nitrogens is 3. The van der Waals surface area contributed by atoms with Crippen molar-refractivity contribution in [3.63, 3.8) is 0 Å². The molecule has 1 aromatic rings. The summed E-state index contributed by atoms with van der Waals surface area (Å²) >= 11 is 0. The Morgan fingerprint density at radius 1 is 1.80 bits per heavy atom. The zero-order valence-electron chi connectivity index (χ0n) is 5.37. The molecule has 2 N–H and O–H groups in total. The first-order valence-corrected chi connectivity index (χ1v) is 2.95. The van der Waals surface area contributed by atoms with Crippen LogP contribution in [0.2, 0.25) is 0 Å². The van der Waals surface area contributed by atoms with Crippen LogP contribution in [0.25, 0.3) is 0 Å². The Bertz CT molecular complexity index is 184. The summed E-state index contributed by atoms with van der Waals surface area (Å²) in [6.45, 7) is 0.607. The molecule has 1 rings (SSSR count). The molecular weight excluding hydrogens is 132 g/mol. The number of carbonyl (C=O) groups is 1. The zero-order valence-corrected chi connectivity index (χ0v) is 5.37. The lowest BCUT2D eigenvalue weighted by atomic mass is 10.3. The third kappa shape index (κ3) is 1.85. The molecule has 0 spiro atoms. The van der Waals surface area contributed by atoms with Crippen molar-refractivity contribution in [2.24, 2.45) is 0 Å². The fraction of sp³-hybridized carbons (Fsp3) is 0.400. The Balaban J connectivity index is 2.21. The van der Waals surface area contributed by atoms with E-state index in [9.17, 15) is 4.79 Å². The molecule has 0 atom stereocenters. The topological polar surface area (TPSA) is 70.7 Å². The van der Waals surface area contributed by atoms with Gasteiger partial charge in [-0.05, 0) is 0 Å². The molecule has 0 bridgehead atoms. The van der Waals surface area contributed by atoms with Gasteiger partial charge in [0.1, 0.15) is 0 Å². The molecule has 0 aliphatic carbocycles. The van der Waals surface area contributed by atoms with E-state index in [1.54, 1.807) is 6.20 Å². The van der Waals surface area contributed by atoms with Crippen molar-refractivity contribution in [2.75, 3.05) is 6.54 Å². The third-order valence-corrected chi connectivity index (χ3v) is 1.07. The number of aromatic amines is 1. The second-order valence-electron chi connectivity index (χ2n) is 1.78. The number of nitrogens with zero attached hydrogens (tertiary/aromatic N) is 2. The number of amides is 1. The summed E-state index contributed by atoms with van der Waals surface area (Å²) in [5.74, 6) is 0. The van der Waals surface area contributed by atoms with Crippen LogP contribution < -0.4 is 5.32 Å². The summed E-state index contributed by atoms with van der Waals surface area (Å²) in [4.78, 5) is 9.78. The zero-order chi connectivity index (χ0) is 7.23. The van der Waals surface area contributed by atoms with Gasteiger partial charge in [-0.25, -0.2) is 0 Å². The molecule has 1 amide bonds. The summed E-state index contributed by atoms with van der Waals surface area (Å²) in [6, 6.07) is 0. The number of hydrogen-bond acceptors (Lipinski definition) is 3. The Kier molecular flexibility index (Phi) is 2.42. The van der Waals surface area contributed by atoms with E-state index in [0.717, 1.165) is 12.1 Å². The van der Waals surface area contributed by atoms with E-state index in [1.165, 1.54) is 0 Å². The smallest absolute Gasteiger partial charge is 0.207 e. The van der Waals surface area contributed by atoms with Crippen LogP contribution in [0.15, 0.2) is 6.20 Å². The fourth-order valence-electron chi connectivity index (χ4n) is 0.605. The Hall–Kier alpha value is -1.39. The molecule has 0 aliphatic rings. The molecule has 1 heterocycles. The van der Waals surface area contributed by atoms with Crippen molar-refractivity contribution in [1.82, 2.24) is 20.7 Å². The highest BCUT2D eigenvalue weighted by Crippen LogP contribution is 1.86. The average Bonchev–Trinajstić information content (AvgIpc) is 2.41. The number of rotatable bonds is 4. The van der Waals surface area contributed by atoms with Gasteiger partial charge in [0.15, 0.2) is 0 Å². The van der Waals surface area contributed by atoms with Gasteiger partial charge in [0, 0.05) is 13.0 Å². The minimum absolute atomic E-state index is 0.607. The van der Waals surface area contributed by atoms with Crippen LogP contribution in [0, 0.1) is 0 Å². The van der Waals surface area contributed by atoms with Crippen molar-refractivity contribution < 1.29 is 4.79 Å². The van der Waals surface area contributed by atoms with Gasteiger partial charge in [0.05, 0.1) is 11.9 Å². The Morgan fingerprint density at radius 3 is 3.30 bits per heavy atom. The highest BCUT2D eigenvalue weighted by molar-refractivity contribution is 5.45. The molecule has 5 nitrogen and oxygen atoms in total. The molecule has 0 unspecified atom stereocenters. The largest absolute Gasteiger partial charge is 0.358 e. The third-order valence-electron chi connectivity index (χ3n) is 1.07. The van der Waals surface area contributed by atoms with E-state index < -0.39 is 0 Å². The minimum atomic E-state index is 0.607. The van der Waals surface area contributed by atoms with Crippen molar-refractivity contribution in [1.29, 1.82) is 0 Å². The first-order chi connectivity index (χ1) is 4.93. The van der Waals surface area contributed by atoms with Gasteiger partial charge in [-0.1, -0.05) is 0 Å². The summed E-state index contributed by atoms with van der Waals surface area (Å²) in [5.41, 5.74) is 0.856. The molecule has 0 saturated carbocycles. The second-order valence-corrected chi connectivity index (χ2v) is 1.78. The van der Waals surface area contributed by atoms with Crippen LogP contribution >= 0.6 is 0 Å². The summed E-state index contributed by atoms with van der Waals surface area (Å²) in [7, 11) is 0. The molecule has 0 aromatic carbocycles. The number of carbonyl (C=O) groups excluding carboxylic acids is 1. The van der Waals surface area contributed by atoms with Crippen LogP contribution in [0.3, 0.4) is 0 Å². The molecule has 0 aliphatic heterocycles. The lowest BCUT2D eigenvalue weighted by Gasteiger charge is -1.91. The molecule has 54 valence electrons. The van der Waals surface area contributed by atoms with Gasteiger partial charge >= 0.3 is 0 Å². The van der Waals surface area contributed by atoms with E-state index >= 15 is 0 Å². The minimum Gasteiger partial charge on any atom is -0.358 e. The van der Waals surface area contributed by atoms with Crippen LogP contribution in [-0.4, -0.2) is 28.4 Å². The lowest BCUT2D eigenvalue weighted by Crippen LogP contribution is -2.14. The molecular formula is C5H8N4O. The molecule has 0 fully saturated rings. The summed E-state index contributed by atoms with van der Waals surface area (Å²) in [6.07, 6.45) is 3.02. The van der Waals surface area contributed by atoms with E-state index in [0.29, 0.717) is 13.0 Å². The summed E-state index contributed by atoms with van der Waals surface area (Å²) < 4.78 is 0. The van der Waals surface area contributed by atoms with Crippen molar-refractivity contribution in [2.45, 2.75) is 6.42 Å². The number of H-pyrrole nitrogens is 1. The predicted octanol–water partition coefficient (Wildman–Crippen LogP) is -0.907. The van der Waals surface area contributed by atoms with Gasteiger partial charge < -0.3 is 5.32 Å². The Morgan fingerprint density at radius 2 is 2.70 bits per heavy atom.